The predicted octanol–water partition coefficient (Wildman–Crippen LogP) is 3.62. The molecule has 27 heavy (non-hydrogen) atoms. The van der Waals surface area contributed by atoms with Crippen LogP contribution in [0.3, 0.4) is 0 Å². The highest BCUT2D eigenvalue weighted by Crippen LogP contribution is 2.40. The first-order valence-corrected chi connectivity index (χ1v) is 8.81. The molecular weight excluding hydrogens is 342 g/mol. The van der Waals surface area contributed by atoms with Crippen molar-refractivity contribution in [2.75, 3.05) is 23.4 Å². The van der Waals surface area contributed by atoms with Gasteiger partial charge < -0.3 is 14.8 Å². The van der Waals surface area contributed by atoms with E-state index in [0.29, 0.717) is 30.3 Å². The molecule has 0 bridgehead atoms. The van der Waals surface area contributed by atoms with Crippen LogP contribution in [0, 0.1) is 0 Å². The zero-order valence-corrected chi connectivity index (χ0v) is 14.5. The summed E-state index contributed by atoms with van der Waals surface area (Å²) in [7, 11) is 0. The molecule has 0 saturated carbocycles. The van der Waals surface area contributed by atoms with Crippen molar-refractivity contribution >= 4 is 17.3 Å². The molecule has 1 unspecified atom stereocenters. The Balaban J connectivity index is 1.64. The summed E-state index contributed by atoms with van der Waals surface area (Å²) in [4.78, 5) is 19.5. The number of carbonyl (C=O) groups is 1. The van der Waals surface area contributed by atoms with E-state index in [2.05, 4.69) is 10.3 Å². The predicted molar refractivity (Wildman–Crippen MR) is 101 cm³/mol. The summed E-state index contributed by atoms with van der Waals surface area (Å²) in [5.41, 5.74) is 2.91. The number of amides is 1. The second kappa shape index (κ2) is 6.32. The number of pyridine rings is 1. The summed E-state index contributed by atoms with van der Waals surface area (Å²) >= 11 is 0. The van der Waals surface area contributed by atoms with Gasteiger partial charge >= 0.3 is 0 Å². The van der Waals surface area contributed by atoms with E-state index in [9.17, 15) is 4.79 Å². The molecule has 0 aliphatic carbocycles. The van der Waals surface area contributed by atoms with E-state index < -0.39 is 6.17 Å². The van der Waals surface area contributed by atoms with Gasteiger partial charge in [-0.3, -0.25) is 14.7 Å². The normalized spacial score (nSPS) is 17.9. The molecule has 0 saturated heterocycles. The number of fused-ring (bicyclic) bond motifs is 2. The summed E-state index contributed by atoms with van der Waals surface area (Å²) in [6.07, 6.45) is 1.31. The van der Waals surface area contributed by atoms with Gasteiger partial charge in [0.05, 0.1) is 16.9 Å². The lowest BCUT2D eigenvalue weighted by Gasteiger charge is -2.37. The molecule has 3 aromatic rings. The second-order valence-electron chi connectivity index (χ2n) is 6.35. The minimum Gasteiger partial charge on any atom is -0.486 e. The zero-order chi connectivity index (χ0) is 18.2. The van der Waals surface area contributed by atoms with Gasteiger partial charge in [-0.1, -0.05) is 18.2 Å². The fourth-order valence-electron chi connectivity index (χ4n) is 3.45. The molecule has 1 N–H and O–H groups in total. The molecule has 1 amide bonds. The number of aromatic nitrogens is 1. The Morgan fingerprint density at radius 2 is 1.78 bits per heavy atom. The topological polar surface area (TPSA) is 63.7 Å². The van der Waals surface area contributed by atoms with E-state index in [4.69, 9.17) is 9.47 Å². The highest BCUT2D eigenvalue weighted by Gasteiger charge is 2.35. The Hall–Kier alpha value is -3.54. The van der Waals surface area contributed by atoms with Crippen LogP contribution in [-0.4, -0.2) is 24.1 Å². The summed E-state index contributed by atoms with van der Waals surface area (Å²) in [6.45, 7) is 1.02. The fraction of sp³-hybridized carbons (Fsp3) is 0.143. The van der Waals surface area contributed by atoms with Gasteiger partial charge in [-0.15, -0.1) is 0 Å². The maximum absolute atomic E-state index is 13.4. The van der Waals surface area contributed by atoms with Crippen molar-refractivity contribution < 1.29 is 14.3 Å². The molecule has 6 nitrogen and oxygen atoms in total. The Morgan fingerprint density at radius 1 is 0.963 bits per heavy atom. The number of rotatable bonds is 2. The number of hydrogen-bond acceptors (Lipinski definition) is 5. The van der Waals surface area contributed by atoms with E-state index in [-0.39, 0.29) is 5.91 Å². The van der Waals surface area contributed by atoms with Crippen molar-refractivity contribution in [2.45, 2.75) is 6.17 Å². The Labute approximate surface area is 156 Å². The number of anilines is 2. The largest absolute Gasteiger partial charge is 0.486 e. The van der Waals surface area contributed by atoms with E-state index in [1.165, 1.54) is 0 Å². The third-order valence-corrected chi connectivity index (χ3v) is 4.70. The fourth-order valence-corrected chi connectivity index (χ4v) is 3.45. The quantitative estimate of drug-likeness (QED) is 0.757. The SMILES string of the molecule is O=C1c2ccccc2NC(c2ccccn2)N1c1ccc2c(c1)OCCO2. The van der Waals surface area contributed by atoms with Crippen LogP contribution in [0.25, 0.3) is 0 Å². The van der Waals surface area contributed by atoms with Crippen LogP contribution >= 0.6 is 0 Å². The van der Waals surface area contributed by atoms with Crippen molar-refractivity contribution in [2.24, 2.45) is 0 Å². The van der Waals surface area contributed by atoms with E-state index in [0.717, 1.165) is 17.1 Å². The third-order valence-electron chi connectivity index (χ3n) is 4.70. The van der Waals surface area contributed by atoms with Crippen LogP contribution < -0.4 is 19.7 Å². The van der Waals surface area contributed by atoms with Crippen LogP contribution in [0.2, 0.25) is 0 Å². The molecule has 2 aromatic carbocycles. The molecule has 1 aromatic heterocycles. The molecule has 0 fully saturated rings. The van der Waals surface area contributed by atoms with E-state index in [1.54, 1.807) is 11.1 Å². The zero-order valence-electron chi connectivity index (χ0n) is 14.5. The average Bonchev–Trinajstić information content (AvgIpc) is 2.74. The highest BCUT2D eigenvalue weighted by molar-refractivity contribution is 6.12. The van der Waals surface area contributed by atoms with Crippen LogP contribution in [0.5, 0.6) is 11.5 Å². The third kappa shape index (κ3) is 2.66. The van der Waals surface area contributed by atoms with Crippen molar-refractivity contribution in [3.63, 3.8) is 0 Å². The highest BCUT2D eigenvalue weighted by atomic mass is 16.6. The average molecular weight is 359 g/mol. The van der Waals surface area contributed by atoms with Gasteiger partial charge in [-0.05, 0) is 36.4 Å². The van der Waals surface area contributed by atoms with Gasteiger partial charge in [0.25, 0.3) is 5.91 Å². The summed E-state index contributed by atoms with van der Waals surface area (Å²) in [5, 5.41) is 3.44. The first-order valence-electron chi connectivity index (χ1n) is 8.81. The van der Waals surface area contributed by atoms with Gasteiger partial charge in [0.15, 0.2) is 17.7 Å². The molecule has 5 rings (SSSR count). The molecule has 2 aliphatic rings. The first kappa shape index (κ1) is 15.7. The van der Waals surface area contributed by atoms with Gasteiger partial charge in [-0.2, -0.15) is 0 Å². The summed E-state index contributed by atoms with van der Waals surface area (Å²) < 4.78 is 11.3. The van der Waals surface area contributed by atoms with Crippen LogP contribution in [0.15, 0.2) is 66.9 Å². The Kier molecular flexibility index (Phi) is 3.67. The van der Waals surface area contributed by atoms with Crippen LogP contribution in [0.4, 0.5) is 11.4 Å². The number of hydrogen-bond donors (Lipinski definition) is 1. The first-order chi connectivity index (χ1) is 13.3. The van der Waals surface area contributed by atoms with Gasteiger partial charge in [0.1, 0.15) is 13.2 Å². The van der Waals surface area contributed by atoms with Crippen molar-refractivity contribution in [3.8, 4) is 11.5 Å². The van der Waals surface area contributed by atoms with Crippen LogP contribution in [0.1, 0.15) is 22.2 Å². The molecule has 134 valence electrons. The Bertz CT molecular complexity index is 1010. The molecule has 3 heterocycles. The summed E-state index contributed by atoms with van der Waals surface area (Å²) in [5.74, 6) is 1.25. The van der Waals surface area contributed by atoms with Gasteiger partial charge in [-0.25, -0.2) is 0 Å². The number of benzene rings is 2. The van der Waals surface area contributed by atoms with E-state index >= 15 is 0 Å². The number of para-hydroxylation sites is 1. The van der Waals surface area contributed by atoms with Gasteiger partial charge in [0, 0.05) is 18.0 Å². The standard InChI is InChI=1S/C21H17N3O3/c25-21-15-5-1-2-6-16(15)23-20(17-7-3-4-10-22-17)24(21)14-8-9-18-19(13-14)27-12-11-26-18/h1-10,13,20,23H,11-12H2. The monoisotopic (exact) mass is 359 g/mol. The second-order valence-corrected chi connectivity index (χ2v) is 6.35. The maximum Gasteiger partial charge on any atom is 0.262 e. The van der Waals surface area contributed by atoms with E-state index in [1.807, 2.05) is 60.7 Å². The van der Waals surface area contributed by atoms with Crippen molar-refractivity contribution in [1.82, 2.24) is 4.98 Å². The molecule has 0 radical (unpaired) electrons. The molecule has 1 atom stereocenters. The smallest absolute Gasteiger partial charge is 0.262 e. The lowest BCUT2D eigenvalue weighted by atomic mass is 10.0. The lowest BCUT2D eigenvalue weighted by molar-refractivity contribution is 0.0974. The molecule has 0 spiro atoms. The van der Waals surface area contributed by atoms with Crippen molar-refractivity contribution in [1.29, 1.82) is 0 Å². The number of nitrogens with zero attached hydrogens (tertiary/aromatic N) is 2. The lowest BCUT2D eigenvalue weighted by Crippen LogP contribution is -2.43. The molecule has 6 heteroatoms. The minimum atomic E-state index is -0.420. The van der Waals surface area contributed by atoms with Gasteiger partial charge in [0.2, 0.25) is 0 Å². The minimum absolute atomic E-state index is 0.0864. The van der Waals surface area contributed by atoms with Crippen molar-refractivity contribution in [3.05, 3.63) is 78.1 Å². The number of nitrogens with one attached hydrogen (secondary N) is 1. The summed E-state index contributed by atoms with van der Waals surface area (Å²) in [6, 6.07) is 18.7. The number of carbonyl (C=O) groups excluding carboxylic acids is 1. The Morgan fingerprint density at radius 3 is 2.63 bits per heavy atom. The molecular formula is C21H17N3O3. The maximum atomic E-state index is 13.4. The number of ether oxygens (including phenoxy) is 2. The molecule has 2 aliphatic heterocycles. The van der Waals surface area contributed by atoms with Crippen LogP contribution in [-0.2, 0) is 0 Å².